The number of benzene rings is 2. The van der Waals surface area contributed by atoms with Crippen LogP contribution in [0, 0.1) is 5.92 Å². The van der Waals surface area contributed by atoms with Crippen LogP contribution < -0.4 is 0 Å². The highest BCUT2D eigenvalue weighted by Crippen LogP contribution is 2.52. The van der Waals surface area contributed by atoms with E-state index in [1.807, 2.05) is 24.3 Å². The third-order valence-corrected chi connectivity index (χ3v) is 9.72. The molecule has 0 amide bonds. The van der Waals surface area contributed by atoms with Crippen molar-refractivity contribution < 1.29 is 42.1 Å². The number of phenolic OH excluding ortho intramolecular Hbond substituents is 2. The van der Waals surface area contributed by atoms with E-state index in [9.17, 15) is 42.1 Å². The fourth-order valence-corrected chi connectivity index (χ4v) is 7.12. The number of carboxylic acids is 1. The standard InChI is InChI=1S/C31H39F5O4S/c1-29(22-11-13-23(37)14-12-22)20-41-27-19-24(38)15-16-25(27)26(29)10-8-6-4-2-3-5-7-9-21(28(39)40)17-18-30(32,33)31(34,35)36/h11-16,19,21,26,37-38H,2-10,17-18,20H2,1H3,(H,39,40). The fourth-order valence-electron chi connectivity index (χ4n) is 5.72. The lowest BCUT2D eigenvalue weighted by atomic mass is 9.68. The second-order valence-electron chi connectivity index (χ2n) is 11.4. The minimum Gasteiger partial charge on any atom is -0.508 e. The highest BCUT2D eigenvalue weighted by Gasteiger charge is 2.57. The molecule has 2 aromatic rings. The second kappa shape index (κ2) is 14.1. The van der Waals surface area contributed by atoms with Gasteiger partial charge in [-0.1, -0.05) is 70.1 Å². The molecule has 0 bridgehead atoms. The van der Waals surface area contributed by atoms with E-state index in [-0.39, 0.29) is 29.3 Å². The second-order valence-corrected chi connectivity index (χ2v) is 12.4. The van der Waals surface area contributed by atoms with Gasteiger partial charge in [0.05, 0.1) is 5.92 Å². The van der Waals surface area contributed by atoms with E-state index in [1.165, 1.54) is 5.56 Å². The summed E-state index contributed by atoms with van der Waals surface area (Å²) in [5.74, 6) is -5.85. The lowest BCUT2D eigenvalue weighted by Gasteiger charge is -2.43. The molecule has 0 spiro atoms. The first-order chi connectivity index (χ1) is 19.2. The van der Waals surface area contributed by atoms with Crippen molar-refractivity contribution in [3.8, 4) is 11.5 Å². The van der Waals surface area contributed by atoms with Crippen molar-refractivity contribution in [2.45, 2.75) is 106 Å². The molecule has 0 aliphatic carbocycles. The van der Waals surface area contributed by atoms with Crippen molar-refractivity contribution >= 4 is 17.7 Å². The lowest BCUT2D eigenvalue weighted by molar-refractivity contribution is -0.285. The van der Waals surface area contributed by atoms with Gasteiger partial charge < -0.3 is 15.3 Å². The number of aliphatic carboxylic acids is 1. The molecule has 41 heavy (non-hydrogen) atoms. The van der Waals surface area contributed by atoms with Crippen molar-refractivity contribution in [3.63, 3.8) is 0 Å². The van der Waals surface area contributed by atoms with Gasteiger partial charge in [0.25, 0.3) is 0 Å². The van der Waals surface area contributed by atoms with Crippen LogP contribution in [-0.2, 0) is 10.2 Å². The Kier molecular flexibility index (Phi) is 11.4. The van der Waals surface area contributed by atoms with Crippen molar-refractivity contribution in [2.24, 2.45) is 5.92 Å². The SMILES string of the molecule is CC1(c2ccc(O)cc2)CSc2cc(O)ccc2C1CCCCCCCCCC(CCC(F)(F)C(F)(F)F)C(=O)O. The average Bonchev–Trinajstić information content (AvgIpc) is 2.89. The van der Waals surface area contributed by atoms with Gasteiger partial charge in [-0.25, -0.2) is 0 Å². The summed E-state index contributed by atoms with van der Waals surface area (Å²) in [6.45, 7) is 2.25. The van der Waals surface area contributed by atoms with Gasteiger partial charge >= 0.3 is 18.1 Å². The molecule has 1 heterocycles. The number of unbranched alkanes of at least 4 members (excludes halogenated alkanes) is 6. The third-order valence-electron chi connectivity index (χ3n) is 8.31. The topological polar surface area (TPSA) is 77.8 Å². The number of hydrogen-bond acceptors (Lipinski definition) is 4. The van der Waals surface area contributed by atoms with E-state index in [1.54, 1.807) is 30.0 Å². The Balaban J connectivity index is 1.44. The molecular weight excluding hydrogens is 563 g/mol. The Hall–Kier alpha value is -2.49. The normalized spacial score (nSPS) is 20.0. The minimum absolute atomic E-state index is 0.0910. The number of carbonyl (C=O) groups is 1. The molecule has 3 rings (SSSR count). The molecule has 1 aliphatic heterocycles. The number of aromatic hydroxyl groups is 2. The first-order valence-electron chi connectivity index (χ1n) is 14.2. The fraction of sp³-hybridized carbons (Fsp3) is 0.581. The molecule has 2 aromatic carbocycles. The van der Waals surface area contributed by atoms with Crippen LogP contribution in [0.5, 0.6) is 11.5 Å². The summed E-state index contributed by atoms with van der Waals surface area (Å²) in [5, 5.41) is 29.0. The van der Waals surface area contributed by atoms with E-state index >= 15 is 0 Å². The molecule has 0 radical (unpaired) electrons. The molecule has 0 saturated carbocycles. The van der Waals surface area contributed by atoms with E-state index in [4.69, 9.17) is 0 Å². The highest BCUT2D eigenvalue weighted by atomic mass is 32.2. The van der Waals surface area contributed by atoms with Gasteiger partial charge in [0.2, 0.25) is 0 Å². The van der Waals surface area contributed by atoms with E-state index in [0.717, 1.165) is 54.7 Å². The maximum absolute atomic E-state index is 13.2. The largest absolute Gasteiger partial charge is 0.508 e. The smallest absolute Gasteiger partial charge is 0.453 e. The number of fused-ring (bicyclic) bond motifs is 1. The van der Waals surface area contributed by atoms with Gasteiger partial charge in [-0.2, -0.15) is 22.0 Å². The number of halogens is 5. The van der Waals surface area contributed by atoms with Gasteiger partial charge in [0, 0.05) is 22.5 Å². The zero-order valence-corrected chi connectivity index (χ0v) is 24.0. The molecule has 10 heteroatoms. The predicted octanol–water partition coefficient (Wildman–Crippen LogP) is 9.43. The van der Waals surface area contributed by atoms with Crippen LogP contribution in [0.15, 0.2) is 47.4 Å². The first-order valence-corrected chi connectivity index (χ1v) is 15.2. The monoisotopic (exact) mass is 602 g/mol. The van der Waals surface area contributed by atoms with E-state index in [2.05, 4.69) is 6.92 Å². The van der Waals surface area contributed by atoms with Crippen LogP contribution >= 0.6 is 11.8 Å². The Labute approximate surface area is 242 Å². The number of phenols is 2. The summed E-state index contributed by atoms with van der Waals surface area (Å²) in [7, 11) is 0. The Morgan fingerprint density at radius 2 is 1.49 bits per heavy atom. The van der Waals surface area contributed by atoms with Crippen LogP contribution in [0.4, 0.5) is 22.0 Å². The Morgan fingerprint density at radius 3 is 2.10 bits per heavy atom. The van der Waals surface area contributed by atoms with Crippen LogP contribution in [0.2, 0.25) is 0 Å². The molecule has 0 fully saturated rings. The zero-order valence-electron chi connectivity index (χ0n) is 23.2. The maximum Gasteiger partial charge on any atom is 0.453 e. The number of thioether (sulfide) groups is 1. The first kappa shape index (κ1) is 33.0. The van der Waals surface area contributed by atoms with Gasteiger partial charge in [0.15, 0.2) is 0 Å². The maximum atomic E-state index is 13.2. The van der Waals surface area contributed by atoms with Gasteiger partial charge in [0.1, 0.15) is 11.5 Å². The zero-order chi connectivity index (χ0) is 30.3. The quantitative estimate of drug-likeness (QED) is 0.140. The summed E-state index contributed by atoms with van der Waals surface area (Å²) >= 11 is 1.73. The van der Waals surface area contributed by atoms with Gasteiger partial charge in [-0.3, -0.25) is 4.79 Å². The van der Waals surface area contributed by atoms with Crippen molar-refractivity contribution in [1.29, 1.82) is 0 Å². The molecule has 1 aliphatic rings. The number of rotatable bonds is 15. The molecular formula is C31H39F5O4S. The third kappa shape index (κ3) is 8.75. The highest BCUT2D eigenvalue weighted by molar-refractivity contribution is 7.99. The molecule has 0 aromatic heterocycles. The summed E-state index contributed by atoms with van der Waals surface area (Å²) in [6, 6.07) is 12.9. The van der Waals surface area contributed by atoms with Crippen LogP contribution in [0.3, 0.4) is 0 Å². The van der Waals surface area contributed by atoms with Crippen LogP contribution in [0.1, 0.15) is 94.6 Å². The Bertz CT molecular complexity index is 1140. The molecule has 4 nitrogen and oxygen atoms in total. The van der Waals surface area contributed by atoms with Crippen LogP contribution in [0.25, 0.3) is 0 Å². The Morgan fingerprint density at radius 1 is 0.902 bits per heavy atom. The summed E-state index contributed by atoms with van der Waals surface area (Å²) in [4.78, 5) is 12.4. The number of hydrogen-bond donors (Lipinski definition) is 3. The van der Waals surface area contributed by atoms with Gasteiger partial charge in [-0.05, 0) is 60.6 Å². The summed E-state index contributed by atoms with van der Waals surface area (Å²) in [5.41, 5.74) is 2.23. The molecule has 3 atom stereocenters. The van der Waals surface area contributed by atoms with Gasteiger partial charge in [-0.15, -0.1) is 11.8 Å². The number of carboxylic acid groups (broad SMARTS) is 1. The number of alkyl halides is 5. The average molecular weight is 603 g/mol. The summed E-state index contributed by atoms with van der Waals surface area (Å²) in [6.07, 6.45) is -0.877. The van der Waals surface area contributed by atoms with Crippen molar-refractivity contribution in [3.05, 3.63) is 53.6 Å². The molecule has 0 saturated heterocycles. The van der Waals surface area contributed by atoms with E-state index < -0.39 is 36.8 Å². The minimum atomic E-state index is -5.66. The molecule has 3 unspecified atom stereocenters. The molecule has 3 N–H and O–H groups in total. The van der Waals surface area contributed by atoms with Crippen LogP contribution in [-0.4, -0.2) is 39.1 Å². The van der Waals surface area contributed by atoms with Crippen molar-refractivity contribution in [2.75, 3.05) is 5.75 Å². The molecule has 228 valence electrons. The lowest BCUT2D eigenvalue weighted by Crippen LogP contribution is -2.37. The van der Waals surface area contributed by atoms with Crippen molar-refractivity contribution in [1.82, 2.24) is 0 Å². The van der Waals surface area contributed by atoms with E-state index in [0.29, 0.717) is 12.8 Å². The summed E-state index contributed by atoms with van der Waals surface area (Å²) < 4.78 is 63.4. The predicted molar refractivity (Wildman–Crippen MR) is 150 cm³/mol.